The van der Waals surface area contributed by atoms with Crippen molar-refractivity contribution >= 4 is 17.0 Å². The van der Waals surface area contributed by atoms with E-state index in [-0.39, 0.29) is 5.95 Å². The normalized spacial score (nSPS) is 10.6. The van der Waals surface area contributed by atoms with E-state index in [1.807, 2.05) is 23.9 Å². The maximum absolute atomic E-state index is 5.51. The van der Waals surface area contributed by atoms with Crippen molar-refractivity contribution in [2.75, 3.05) is 12.8 Å². The van der Waals surface area contributed by atoms with Gasteiger partial charge in [-0.2, -0.15) is 9.97 Å². The first-order chi connectivity index (χ1) is 6.22. The average molecular weight is 178 g/mol. The summed E-state index contributed by atoms with van der Waals surface area (Å²) in [5.74, 6) is 0.745. The van der Waals surface area contributed by atoms with Crippen molar-refractivity contribution in [1.82, 2.24) is 14.5 Å². The number of fused-ring (bicyclic) bond motifs is 1. The first-order valence-corrected chi connectivity index (χ1v) is 3.85. The third-order valence-electron chi connectivity index (χ3n) is 1.90. The second kappa shape index (κ2) is 2.62. The lowest BCUT2D eigenvalue weighted by Crippen LogP contribution is -1.99. The Morgan fingerprint density at radius 2 is 2.23 bits per heavy atom. The van der Waals surface area contributed by atoms with Gasteiger partial charge in [-0.25, -0.2) is 0 Å². The molecule has 5 heteroatoms. The third kappa shape index (κ3) is 1.09. The summed E-state index contributed by atoms with van der Waals surface area (Å²) < 4.78 is 6.95. The molecule has 0 amide bonds. The number of nitrogen functional groups attached to an aromatic ring is 1. The zero-order valence-electron chi connectivity index (χ0n) is 7.48. The summed E-state index contributed by atoms with van der Waals surface area (Å²) in [6.07, 6.45) is 1.89. The van der Waals surface area contributed by atoms with Gasteiger partial charge in [0, 0.05) is 13.2 Å². The van der Waals surface area contributed by atoms with E-state index in [0.29, 0.717) is 5.88 Å². The van der Waals surface area contributed by atoms with Crippen LogP contribution in [0.4, 0.5) is 5.95 Å². The molecule has 5 nitrogen and oxygen atoms in total. The van der Waals surface area contributed by atoms with Gasteiger partial charge >= 0.3 is 0 Å². The van der Waals surface area contributed by atoms with Gasteiger partial charge in [0.2, 0.25) is 11.8 Å². The second-order valence-electron chi connectivity index (χ2n) is 2.76. The van der Waals surface area contributed by atoms with E-state index in [2.05, 4.69) is 9.97 Å². The Kier molecular flexibility index (Phi) is 1.58. The highest BCUT2D eigenvalue weighted by Crippen LogP contribution is 2.22. The molecule has 0 aliphatic rings. The standard InChI is InChI=1S/C8H10N4O/c1-12-4-3-5-6(12)10-8(9)11-7(5)13-2/h3-4H,1-2H3,(H2,9,10,11). The maximum Gasteiger partial charge on any atom is 0.227 e. The predicted octanol–water partition coefficient (Wildman–Crippen LogP) is 0.559. The molecule has 0 atom stereocenters. The molecule has 0 radical (unpaired) electrons. The molecule has 0 unspecified atom stereocenters. The van der Waals surface area contributed by atoms with Gasteiger partial charge in [-0.15, -0.1) is 0 Å². The van der Waals surface area contributed by atoms with Crippen molar-refractivity contribution in [2.24, 2.45) is 7.05 Å². The number of nitrogens with zero attached hydrogens (tertiary/aromatic N) is 3. The van der Waals surface area contributed by atoms with Crippen LogP contribution < -0.4 is 10.5 Å². The molecule has 13 heavy (non-hydrogen) atoms. The van der Waals surface area contributed by atoms with Crippen molar-refractivity contribution in [1.29, 1.82) is 0 Å². The summed E-state index contributed by atoms with van der Waals surface area (Å²) in [6, 6.07) is 1.90. The summed E-state index contributed by atoms with van der Waals surface area (Å²) in [4.78, 5) is 8.06. The van der Waals surface area contributed by atoms with Crippen LogP contribution in [-0.4, -0.2) is 21.6 Å². The highest BCUT2D eigenvalue weighted by Gasteiger charge is 2.08. The number of hydrogen-bond donors (Lipinski definition) is 1. The minimum absolute atomic E-state index is 0.228. The average Bonchev–Trinajstić information content (AvgIpc) is 2.47. The summed E-state index contributed by atoms with van der Waals surface area (Å²) >= 11 is 0. The number of rotatable bonds is 1. The number of methoxy groups -OCH3 is 1. The lowest BCUT2D eigenvalue weighted by molar-refractivity contribution is 0.403. The zero-order valence-corrected chi connectivity index (χ0v) is 7.48. The van der Waals surface area contributed by atoms with Crippen LogP contribution in [0.15, 0.2) is 12.3 Å². The molecule has 0 aliphatic carbocycles. The van der Waals surface area contributed by atoms with Crippen molar-refractivity contribution in [3.63, 3.8) is 0 Å². The minimum Gasteiger partial charge on any atom is -0.480 e. The van der Waals surface area contributed by atoms with Crippen molar-refractivity contribution in [2.45, 2.75) is 0 Å². The lowest BCUT2D eigenvalue weighted by atomic mass is 10.4. The van der Waals surface area contributed by atoms with E-state index in [1.165, 1.54) is 0 Å². The SMILES string of the molecule is COc1nc(N)nc2c1ccn2C. The fraction of sp³-hybridized carbons (Fsp3) is 0.250. The summed E-state index contributed by atoms with van der Waals surface area (Å²) in [6.45, 7) is 0. The van der Waals surface area contributed by atoms with Gasteiger partial charge in [0.15, 0.2) is 0 Å². The van der Waals surface area contributed by atoms with E-state index < -0.39 is 0 Å². The van der Waals surface area contributed by atoms with Crippen LogP contribution in [0.3, 0.4) is 0 Å². The summed E-state index contributed by atoms with van der Waals surface area (Å²) in [5, 5.41) is 0.874. The van der Waals surface area contributed by atoms with E-state index in [4.69, 9.17) is 10.5 Å². The highest BCUT2D eigenvalue weighted by molar-refractivity contribution is 5.82. The Morgan fingerprint density at radius 1 is 1.46 bits per heavy atom. The highest BCUT2D eigenvalue weighted by atomic mass is 16.5. The smallest absolute Gasteiger partial charge is 0.227 e. The molecule has 0 saturated carbocycles. The Hall–Kier alpha value is -1.78. The zero-order chi connectivity index (χ0) is 9.42. The second-order valence-corrected chi connectivity index (χ2v) is 2.76. The topological polar surface area (TPSA) is 66.0 Å². The number of hydrogen-bond acceptors (Lipinski definition) is 4. The molecule has 2 aromatic heterocycles. The van der Waals surface area contributed by atoms with Crippen LogP contribution in [0.5, 0.6) is 5.88 Å². The van der Waals surface area contributed by atoms with Gasteiger partial charge in [0.05, 0.1) is 12.5 Å². The largest absolute Gasteiger partial charge is 0.480 e. The molecule has 0 spiro atoms. The fourth-order valence-electron chi connectivity index (χ4n) is 1.28. The van der Waals surface area contributed by atoms with Crippen LogP contribution in [0.1, 0.15) is 0 Å². The fourth-order valence-corrected chi connectivity index (χ4v) is 1.28. The van der Waals surface area contributed by atoms with Crippen LogP contribution in [0, 0.1) is 0 Å². The third-order valence-corrected chi connectivity index (χ3v) is 1.90. The van der Waals surface area contributed by atoms with E-state index in [9.17, 15) is 0 Å². The van der Waals surface area contributed by atoms with Crippen molar-refractivity contribution in [3.8, 4) is 5.88 Å². The molecule has 0 bridgehead atoms. The number of anilines is 1. The molecule has 0 saturated heterocycles. The van der Waals surface area contributed by atoms with Crippen LogP contribution in [0.25, 0.3) is 11.0 Å². The number of nitrogens with two attached hydrogens (primary N) is 1. The van der Waals surface area contributed by atoms with Crippen molar-refractivity contribution < 1.29 is 4.74 Å². The maximum atomic E-state index is 5.51. The van der Waals surface area contributed by atoms with Gasteiger partial charge in [0.1, 0.15) is 5.65 Å². The molecule has 68 valence electrons. The molecule has 2 aromatic rings. The van der Waals surface area contributed by atoms with Crippen LogP contribution in [0.2, 0.25) is 0 Å². The number of ether oxygens (including phenoxy) is 1. The van der Waals surface area contributed by atoms with E-state index in [0.717, 1.165) is 11.0 Å². The van der Waals surface area contributed by atoms with Crippen LogP contribution in [-0.2, 0) is 7.05 Å². The number of aromatic nitrogens is 3. The number of aryl methyl sites for hydroxylation is 1. The quantitative estimate of drug-likeness (QED) is 0.692. The predicted molar refractivity (Wildman–Crippen MR) is 49.5 cm³/mol. The van der Waals surface area contributed by atoms with Gasteiger partial charge in [0.25, 0.3) is 0 Å². The Labute approximate surface area is 75.2 Å². The molecule has 0 aliphatic heterocycles. The van der Waals surface area contributed by atoms with Crippen molar-refractivity contribution in [3.05, 3.63) is 12.3 Å². The van der Waals surface area contributed by atoms with Gasteiger partial charge in [-0.05, 0) is 6.07 Å². The first kappa shape index (κ1) is 7.85. The molecule has 2 N–H and O–H groups in total. The summed E-state index contributed by atoms with van der Waals surface area (Å²) in [7, 11) is 3.46. The van der Waals surface area contributed by atoms with E-state index in [1.54, 1.807) is 7.11 Å². The van der Waals surface area contributed by atoms with Gasteiger partial charge in [-0.1, -0.05) is 0 Å². The summed E-state index contributed by atoms with van der Waals surface area (Å²) in [5.41, 5.74) is 6.29. The lowest BCUT2D eigenvalue weighted by Gasteiger charge is -2.01. The molecule has 2 heterocycles. The Morgan fingerprint density at radius 3 is 2.92 bits per heavy atom. The Bertz CT molecular complexity index is 449. The van der Waals surface area contributed by atoms with Gasteiger partial charge in [-0.3, -0.25) is 0 Å². The monoisotopic (exact) mass is 178 g/mol. The molecular weight excluding hydrogens is 168 g/mol. The van der Waals surface area contributed by atoms with Crippen LogP contribution >= 0.6 is 0 Å². The molecule has 2 rings (SSSR count). The molecule has 0 aromatic carbocycles. The molecular formula is C8H10N4O. The van der Waals surface area contributed by atoms with Gasteiger partial charge < -0.3 is 15.0 Å². The first-order valence-electron chi connectivity index (χ1n) is 3.85. The molecule has 0 fully saturated rings. The Balaban J connectivity index is 2.84. The minimum atomic E-state index is 0.228. The van der Waals surface area contributed by atoms with E-state index >= 15 is 0 Å².